The van der Waals surface area contributed by atoms with Gasteiger partial charge in [0.15, 0.2) is 0 Å². The normalized spacial score (nSPS) is 15.6. The number of likely N-dealkylation sites (N-methyl/N-ethyl adjacent to an activating group) is 1. The second kappa shape index (κ2) is 5.79. The minimum Gasteiger partial charge on any atom is -0.343 e. The highest BCUT2D eigenvalue weighted by Gasteiger charge is 2.18. The van der Waals surface area contributed by atoms with E-state index in [1.54, 1.807) is 11.3 Å². The Kier molecular flexibility index (Phi) is 4.04. The zero-order valence-corrected chi connectivity index (χ0v) is 13.2. The van der Waals surface area contributed by atoms with Crippen molar-refractivity contribution in [1.29, 1.82) is 0 Å². The zero-order valence-electron chi connectivity index (χ0n) is 12.5. The molecule has 0 saturated carbocycles. The van der Waals surface area contributed by atoms with Crippen molar-refractivity contribution in [2.75, 3.05) is 20.6 Å². The smallest absolute Gasteiger partial charge is 0.0486 e. The quantitative estimate of drug-likeness (QED) is 0.772. The Morgan fingerprint density at radius 2 is 1.95 bits per heavy atom. The number of rotatable bonds is 3. The number of aromatic nitrogens is 1. The van der Waals surface area contributed by atoms with Crippen molar-refractivity contribution < 1.29 is 0 Å². The van der Waals surface area contributed by atoms with E-state index < -0.39 is 0 Å². The molecular formula is C17H23ClN2. The van der Waals surface area contributed by atoms with Crippen molar-refractivity contribution >= 4 is 22.5 Å². The van der Waals surface area contributed by atoms with E-state index in [0.29, 0.717) is 0 Å². The summed E-state index contributed by atoms with van der Waals surface area (Å²) in [6.07, 6.45) is 6.41. The Morgan fingerprint density at radius 3 is 2.75 bits per heavy atom. The highest BCUT2D eigenvalue weighted by Crippen LogP contribution is 2.33. The molecule has 1 heterocycles. The van der Waals surface area contributed by atoms with Gasteiger partial charge in [0.25, 0.3) is 0 Å². The molecular weight excluding hydrogens is 268 g/mol. The molecule has 1 aromatic carbocycles. The van der Waals surface area contributed by atoms with E-state index in [-0.39, 0.29) is 0 Å². The van der Waals surface area contributed by atoms with Crippen LogP contribution in [0.15, 0.2) is 18.2 Å². The summed E-state index contributed by atoms with van der Waals surface area (Å²) in [5, 5.41) is 2.24. The molecule has 0 radical (unpaired) electrons. The lowest BCUT2D eigenvalue weighted by molar-refractivity contribution is 0.384. The van der Waals surface area contributed by atoms with Crippen LogP contribution in [0.3, 0.4) is 0 Å². The van der Waals surface area contributed by atoms with E-state index in [1.165, 1.54) is 43.0 Å². The molecule has 0 saturated heterocycles. The summed E-state index contributed by atoms with van der Waals surface area (Å²) in [5.74, 6) is 0. The molecule has 20 heavy (non-hydrogen) atoms. The van der Waals surface area contributed by atoms with Gasteiger partial charge < -0.3 is 9.47 Å². The Hall–Kier alpha value is -0.990. The van der Waals surface area contributed by atoms with Gasteiger partial charge in [-0.3, -0.25) is 0 Å². The lowest BCUT2D eigenvalue weighted by atomic mass is 10.1. The summed E-state index contributed by atoms with van der Waals surface area (Å²) in [7, 11) is 4.28. The van der Waals surface area contributed by atoms with Gasteiger partial charge in [0.2, 0.25) is 0 Å². The average molecular weight is 291 g/mol. The number of aryl methyl sites for hydroxylation is 1. The molecule has 0 spiro atoms. The van der Waals surface area contributed by atoms with Crippen molar-refractivity contribution in [2.45, 2.75) is 38.6 Å². The zero-order chi connectivity index (χ0) is 14.1. The third kappa shape index (κ3) is 2.59. The molecule has 2 nitrogen and oxygen atoms in total. The van der Waals surface area contributed by atoms with Gasteiger partial charge >= 0.3 is 0 Å². The van der Waals surface area contributed by atoms with E-state index in [0.717, 1.165) is 18.1 Å². The molecule has 0 amide bonds. The van der Waals surface area contributed by atoms with Gasteiger partial charge in [0.1, 0.15) is 0 Å². The minimum absolute atomic E-state index is 0.856. The molecule has 1 aliphatic carbocycles. The SMILES string of the molecule is CN(C)CCn1c2c(c3cc(Cl)ccc31)CCCCC2. The van der Waals surface area contributed by atoms with E-state index in [1.807, 2.05) is 6.07 Å². The molecule has 3 heteroatoms. The highest BCUT2D eigenvalue weighted by atomic mass is 35.5. The Balaban J connectivity index is 2.13. The molecule has 0 atom stereocenters. The molecule has 2 aromatic rings. The maximum atomic E-state index is 6.22. The Bertz CT molecular complexity index is 613. The third-order valence-corrected chi connectivity index (χ3v) is 4.59. The van der Waals surface area contributed by atoms with Crippen molar-refractivity contribution in [1.82, 2.24) is 9.47 Å². The van der Waals surface area contributed by atoms with Crippen molar-refractivity contribution in [2.24, 2.45) is 0 Å². The Morgan fingerprint density at radius 1 is 1.15 bits per heavy atom. The van der Waals surface area contributed by atoms with Gasteiger partial charge in [-0.1, -0.05) is 18.0 Å². The van der Waals surface area contributed by atoms with E-state index in [2.05, 4.69) is 35.7 Å². The second-order valence-corrected chi connectivity index (χ2v) is 6.54. The van der Waals surface area contributed by atoms with Crippen LogP contribution in [0, 0.1) is 0 Å². The first-order valence-corrected chi connectivity index (χ1v) is 7.99. The third-order valence-electron chi connectivity index (χ3n) is 4.36. The molecule has 108 valence electrons. The van der Waals surface area contributed by atoms with Gasteiger partial charge in [-0.15, -0.1) is 0 Å². The predicted molar refractivity (Wildman–Crippen MR) is 86.8 cm³/mol. The molecule has 1 aliphatic rings. The van der Waals surface area contributed by atoms with E-state index >= 15 is 0 Å². The summed E-state index contributed by atoms with van der Waals surface area (Å²) in [6, 6.07) is 6.38. The van der Waals surface area contributed by atoms with Crippen molar-refractivity contribution in [3.8, 4) is 0 Å². The monoisotopic (exact) mass is 290 g/mol. The number of nitrogens with zero attached hydrogens (tertiary/aromatic N) is 2. The molecule has 0 N–H and O–H groups in total. The lowest BCUT2D eigenvalue weighted by Gasteiger charge is -2.14. The summed E-state index contributed by atoms with van der Waals surface area (Å²) in [4.78, 5) is 2.25. The Labute approximate surface area is 126 Å². The number of halogens is 1. The fraction of sp³-hybridized carbons (Fsp3) is 0.529. The van der Waals surface area contributed by atoms with Crippen LogP contribution in [0.25, 0.3) is 10.9 Å². The average Bonchev–Trinajstić information content (AvgIpc) is 2.58. The van der Waals surface area contributed by atoms with Crippen molar-refractivity contribution in [3.05, 3.63) is 34.5 Å². The molecule has 0 aliphatic heterocycles. The summed E-state index contributed by atoms with van der Waals surface area (Å²) >= 11 is 6.22. The first kappa shape index (κ1) is 14.0. The first-order chi connectivity index (χ1) is 9.66. The van der Waals surface area contributed by atoms with Crippen LogP contribution < -0.4 is 0 Å². The summed E-state index contributed by atoms with van der Waals surface area (Å²) in [5.41, 5.74) is 4.48. The largest absolute Gasteiger partial charge is 0.343 e. The molecule has 0 fully saturated rings. The van der Waals surface area contributed by atoms with Crippen LogP contribution in [0.5, 0.6) is 0 Å². The van der Waals surface area contributed by atoms with Gasteiger partial charge in [0.05, 0.1) is 0 Å². The fourth-order valence-electron chi connectivity index (χ4n) is 3.34. The predicted octanol–water partition coefficient (Wildman–Crippen LogP) is 4.13. The number of hydrogen-bond donors (Lipinski definition) is 0. The van der Waals surface area contributed by atoms with Crippen LogP contribution >= 0.6 is 11.6 Å². The van der Waals surface area contributed by atoms with Gasteiger partial charge in [0, 0.05) is 34.7 Å². The van der Waals surface area contributed by atoms with E-state index in [4.69, 9.17) is 11.6 Å². The maximum Gasteiger partial charge on any atom is 0.0486 e. The molecule has 0 bridgehead atoms. The number of hydrogen-bond acceptors (Lipinski definition) is 1. The van der Waals surface area contributed by atoms with Crippen LogP contribution in [-0.4, -0.2) is 30.1 Å². The standard InChI is InChI=1S/C17H23ClN2/c1-19(2)10-11-20-16-7-5-3-4-6-14(16)15-12-13(18)8-9-17(15)20/h8-9,12H,3-7,10-11H2,1-2H3. The van der Waals surface area contributed by atoms with Crippen LogP contribution in [0.4, 0.5) is 0 Å². The number of fused-ring (bicyclic) bond motifs is 3. The van der Waals surface area contributed by atoms with Crippen LogP contribution in [0.1, 0.15) is 30.5 Å². The van der Waals surface area contributed by atoms with E-state index in [9.17, 15) is 0 Å². The lowest BCUT2D eigenvalue weighted by Crippen LogP contribution is -2.19. The molecule has 0 unspecified atom stereocenters. The molecule has 1 aromatic heterocycles. The maximum absolute atomic E-state index is 6.22. The van der Waals surface area contributed by atoms with Gasteiger partial charge in [-0.25, -0.2) is 0 Å². The number of benzene rings is 1. The first-order valence-electron chi connectivity index (χ1n) is 7.61. The topological polar surface area (TPSA) is 8.17 Å². The van der Waals surface area contributed by atoms with Crippen LogP contribution in [0.2, 0.25) is 5.02 Å². The fourth-order valence-corrected chi connectivity index (χ4v) is 3.51. The van der Waals surface area contributed by atoms with Crippen LogP contribution in [-0.2, 0) is 19.4 Å². The molecule has 3 rings (SSSR count). The van der Waals surface area contributed by atoms with Crippen molar-refractivity contribution in [3.63, 3.8) is 0 Å². The second-order valence-electron chi connectivity index (χ2n) is 6.10. The highest BCUT2D eigenvalue weighted by molar-refractivity contribution is 6.31. The minimum atomic E-state index is 0.856. The van der Waals surface area contributed by atoms with Gasteiger partial charge in [-0.05, 0) is 63.5 Å². The summed E-state index contributed by atoms with van der Waals surface area (Å²) < 4.78 is 2.53. The van der Waals surface area contributed by atoms with Gasteiger partial charge in [-0.2, -0.15) is 0 Å². The summed E-state index contributed by atoms with van der Waals surface area (Å²) in [6.45, 7) is 2.15.